The molecule has 6 rings (SSSR count). The molecule has 2 aromatic rings. The first-order chi connectivity index (χ1) is 14.3. The molecule has 4 aliphatic carbocycles. The van der Waals surface area contributed by atoms with Crippen molar-refractivity contribution < 1.29 is 14.3 Å². The molecule has 2 N–H and O–H groups in total. The zero-order valence-corrected chi connectivity index (χ0v) is 18.1. The first-order valence-corrected chi connectivity index (χ1v) is 11.4. The maximum Gasteiger partial charge on any atom is 0.414 e. The van der Waals surface area contributed by atoms with Gasteiger partial charge in [0.15, 0.2) is 0 Å². The average Bonchev–Trinajstić information content (AvgIpc) is 3.06. The Morgan fingerprint density at radius 2 is 1.77 bits per heavy atom. The first-order valence-electron chi connectivity index (χ1n) is 10.5. The van der Waals surface area contributed by atoms with Crippen molar-refractivity contribution in [2.45, 2.75) is 63.5 Å². The number of thiazole rings is 1. The lowest BCUT2D eigenvalue weighted by atomic mass is 9.50. The molecule has 4 aliphatic rings. The van der Waals surface area contributed by atoms with Crippen molar-refractivity contribution in [3.63, 3.8) is 0 Å². The summed E-state index contributed by atoms with van der Waals surface area (Å²) in [5, 5.41) is 9.17. The molecule has 0 aliphatic heterocycles. The van der Waals surface area contributed by atoms with Gasteiger partial charge in [-0.1, -0.05) is 6.07 Å². The standard InChI is InChI=1S/C22H26N4O3S/c1-13-4-3-5-18(23-13)29-20(28)26-22-9-15-6-16(10-22)8-21(7-15,12-22)25-19(27)17-11-30-14(2)24-17/h3-5,11,15-16H,6-10,12H2,1-2H3,(H,25,27)(H,26,28). The van der Waals surface area contributed by atoms with Crippen LogP contribution in [0.3, 0.4) is 0 Å². The van der Waals surface area contributed by atoms with Crippen LogP contribution in [0.1, 0.15) is 59.7 Å². The predicted octanol–water partition coefficient (Wildman–Crippen LogP) is 3.76. The zero-order valence-electron chi connectivity index (χ0n) is 17.2. The number of nitrogens with zero attached hydrogens (tertiary/aromatic N) is 2. The quantitative estimate of drug-likeness (QED) is 0.776. The van der Waals surface area contributed by atoms with Gasteiger partial charge in [0.25, 0.3) is 5.91 Å². The number of aromatic nitrogens is 2. The largest absolute Gasteiger partial charge is 0.414 e. The number of nitrogens with one attached hydrogen (secondary N) is 2. The SMILES string of the molecule is Cc1cccc(OC(=O)NC23CC4CC(C2)CC(NC(=O)c2csc(C)n2)(C4)C3)n1. The molecule has 0 spiro atoms. The monoisotopic (exact) mass is 426 g/mol. The van der Waals surface area contributed by atoms with Gasteiger partial charge >= 0.3 is 6.09 Å². The van der Waals surface area contributed by atoms with Crippen molar-refractivity contribution in [1.29, 1.82) is 0 Å². The third-order valence-corrected chi connectivity index (χ3v) is 7.49. The molecule has 4 bridgehead atoms. The number of aryl methyl sites for hydroxylation is 2. The smallest absolute Gasteiger partial charge is 0.391 e. The topological polar surface area (TPSA) is 93.2 Å². The van der Waals surface area contributed by atoms with E-state index in [9.17, 15) is 9.59 Å². The van der Waals surface area contributed by atoms with Crippen LogP contribution in [0.15, 0.2) is 23.6 Å². The van der Waals surface area contributed by atoms with E-state index in [1.54, 1.807) is 6.07 Å². The van der Waals surface area contributed by atoms with Crippen molar-refractivity contribution >= 4 is 23.3 Å². The highest BCUT2D eigenvalue weighted by atomic mass is 32.1. The molecule has 30 heavy (non-hydrogen) atoms. The summed E-state index contributed by atoms with van der Waals surface area (Å²) in [4.78, 5) is 34.1. The minimum Gasteiger partial charge on any atom is -0.391 e. The summed E-state index contributed by atoms with van der Waals surface area (Å²) in [6.45, 7) is 3.76. The van der Waals surface area contributed by atoms with Crippen molar-refractivity contribution in [2.24, 2.45) is 11.8 Å². The summed E-state index contributed by atoms with van der Waals surface area (Å²) in [5.41, 5.74) is 0.665. The van der Waals surface area contributed by atoms with Gasteiger partial charge in [0.05, 0.1) is 5.01 Å². The fourth-order valence-corrected chi connectivity index (χ4v) is 6.83. The number of hydrogen-bond acceptors (Lipinski definition) is 6. The van der Waals surface area contributed by atoms with Crippen LogP contribution in [0.2, 0.25) is 0 Å². The minimum absolute atomic E-state index is 0.108. The number of amides is 2. The summed E-state index contributed by atoms with van der Waals surface area (Å²) in [5.74, 6) is 1.20. The molecule has 158 valence electrons. The number of carbonyl (C=O) groups is 2. The van der Waals surface area contributed by atoms with Gasteiger partial charge in [0, 0.05) is 28.2 Å². The highest BCUT2D eigenvalue weighted by Gasteiger charge is 2.59. The van der Waals surface area contributed by atoms with E-state index in [0.29, 0.717) is 23.4 Å². The summed E-state index contributed by atoms with van der Waals surface area (Å²) >= 11 is 1.48. The average molecular weight is 427 g/mol. The van der Waals surface area contributed by atoms with E-state index in [1.807, 2.05) is 31.4 Å². The molecule has 2 aromatic heterocycles. The van der Waals surface area contributed by atoms with Crippen LogP contribution in [0, 0.1) is 25.7 Å². The van der Waals surface area contributed by atoms with Crippen molar-refractivity contribution in [1.82, 2.24) is 20.6 Å². The van der Waals surface area contributed by atoms with E-state index in [1.165, 1.54) is 17.8 Å². The number of pyridine rings is 1. The van der Waals surface area contributed by atoms with Crippen LogP contribution in [0.5, 0.6) is 5.88 Å². The summed E-state index contributed by atoms with van der Waals surface area (Å²) < 4.78 is 5.46. The lowest BCUT2D eigenvalue weighted by Gasteiger charge is -2.61. The number of ether oxygens (including phenoxy) is 1. The van der Waals surface area contributed by atoms with E-state index in [-0.39, 0.29) is 17.0 Å². The van der Waals surface area contributed by atoms with Crippen LogP contribution in [-0.4, -0.2) is 33.0 Å². The first kappa shape index (κ1) is 19.5. The zero-order chi connectivity index (χ0) is 20.9. The normalized spacial score (nSPS) is 31.4. The third kappa shape index (κ3) is 3.69. The Balaban J connectivity index is 1.32. The molecule has 8 heteroatoms. The molecule has 0 radical (unpaired) electrons. The minimum atomic E-state index is -0.466. The number of hydrogen-bond donors (Lipinski definition) is 2. The van der Waals surface area contributed by atoms with Gasteiger partial charge in [-0.25, -0.2) is 14.8 Å². The second-order valence-electron chi connectivity index (χ2n) is 9.36. The Labute approximate surface area is 179 Å². The summed E-state index contributed by atoms with van der Waals surface area (Å²) in [6.07, 6.45) is 5.25. The lowest BCUT2D eigenvalue weighted by Crippen LogP contribution is -2.70. The van der Waals surface area contributed by atoms with E-state index in [0.717, 1.165) is 42.8 Å². The second-order valence-corrected chi connectivity index (χ2v) is 10.4. The van der Waals surface area contributed by atoms with Gasteiger partial charge in [-0.15, -0.1) is 11.3 Å². The molecule has 2 atom stereocenters. The van der Waals surface area contributed by atoms with Gasteiger partial charge in [-0.05, 0) is 70.3 Å². The van der Waals surface area contributed by atoms with Gasteiger partial charge in [0.2, 0.25) is 5.88 Å². The van der Waals surface area contributed by atoms with E-state index in [2.05, 4.69) is 20.6 Å². The van der Waals surface area contributed by atoms with Crippen LogP contribution in [-0.2, 0) is 0 Å². The summed E-state index contributed by atoms with van der Waals surface area (Å²) in [6, 6.07) is 5.37. The highest BCUT2D eigenvalue weighted by molar-refractivity contribution is 7.09. The van der Waals surface area contributed by atoms with Crippen molar-refractivity contribution in [2.75, 3.05) is 0 Å². The molecular weight excluding hydrogens is 400 g/mol. The Morgan fingerprint density at radius 1 is 1.07 bits per heavy atom. The lowest BCUT2D eigenvalue weighted by molar-refractivity contribution is -0.0450. The Bertz CT molecular complexity index is 990. The molecular formula is C22H26N4O3S. The molecule has 4 saturated carbocycles. The number of carbonyl (C=O) groups excluding carboxylic acids is 2. The van der Waals surface area contributed by atoms with Crippen LogP contribution >= 0.6 is 11.3 Å². The maximum atomic E-state index is 12.9. The van der Waals surface area contributed by atoms with E-state index >= 15 is 0 Å². The fourth-order valence-electron chi connectivity index (χ4n) is 6.24. The van der Waals surface area contributed by atoms with Gasteiger partial charge < -0.3 is 15.4 Å². The maximum absolute atomic E-state index is 12.9. The molecule has 0 aromatic carbocycles. The Kier molecular flexibility index (Phi) is 4.57. The molecule has 7 nitrogen and oxygen atoms in total. The molecule has 4 fully saturated rings. The van der Waals surface area contributed by atoms with Crippen LogP contribution < -0.4 is 15.4 Å². The van der Waals surface area contributed by atoms with Crippen molar-refractivity contribution in [3.8, 4) is 5.88 Å². The Morgan fingerprint density at radius 3 is 2.40 bits per heavy atom. The summed E-state index contributed by atoms with van der Waals surface area (Å²) in [7, 11) is 0. The van der Waals surface area contributed by atoms with Gasteiger partial charge in [0.1, 0.15) is 5.69 Å². The van der Waals surface area contributed by atoms with E-state index < -0.39 is 6.09 Å². The fraction of sp³-hybridized carbons (Fsp3) is 0.545. The van der Waals surface area contributed by atoms with Crippen LogP contribution in [0.25, 0.3) is 0 Å². The molecule has 0 saturated heterocycles. The Hall–Kier alpha value is -2.48. The van der Waals surface area contributed by atoms with Gasteiger partial charge in [-0.2, -0.15) is 0 Å². The molecule has 2 amide bonds. The van der Waals surface area contributed by atoms with E-state index in [4.69, 9.17) is 4.74 Å². The van der Waals surface area contributed by atoms with Crippen molar-refractivity contribution in [3.05, 3.63) is 40.0 Å². The number of rotatable bonds is 4. The van der Waals surface area contributed by atoms with Gasteiger partial charge in [-0.3, -0.25) is 4.79 Å². The second kappa shape index (κ2) is 7.04. The molecule has 2 unspecified atom stereocenters. The molecule has 2 heterocycles. The highest BCUT2D eigenvalue weighted by Crippen LogP contribution is 2.57. The third-order valence-electron chi connectivity index (χ3n) is 6.72. The van der Waals surface area contributed by atoms with Crippen LogP contribution in [0.4, 0.5) is 4.79 Å². The predicted molar refractivity (Wildman–Crippen MR) is 113 cm³/mol.